The Kier molecular flexibility index (Phi) is 5.19. The molecule has 142 valence electrons. The maximum absolute atomic E-state index is 6.64. The van der Waals surface area contributed by atoms with Crippen LogP contribution in [0.4, 0.5) is 0 Å². The van der Waals surface area contributed by atoms with E-state index in [9.17, 15) is 0 Å². The Balaban J connectivity index is 1.61. The van der Waals surface area contributed by atoms with Crippen molar-refractivity contribution in [2.45, 2.75) is 31.7 Å². The quantitative estimate of drug-likeness (QED) is 0.445. The van der Waals surface area contributed by atoms with E-state index < -0.39 is 0 Å². The van der Waals surface area contributed by atoms with Gasteiger partial charge in [-0.25, -0.2) is 4.68 Å². The van der Waals surface area contributed by atoms with E-state index in [-0.39, 0.29) is 0 Å². The first kappa shape index (κ1) is 18.7. The summed E-state index contributed by atoms with van der Waals surface area (Å²) in [7, 11) is 0. The number of aromatic nitrogens is 6. The van der Waals surface area contributed by atoms with E-state index in [1.165, 1.54) is 0 Å². The summed E-state index contributed by atoms with van der Waals surface area (Å²) >= 11 is 8.18. The summed E-state index contributed by atoms with van der Waals surface area (Å²) in [4.78, 5) is 0. The molecule has 2 aromatic heterocycles. The van der Waals surface area contributed by atoms with Gasteiger partial charge in [-0.15, -0.1) is 5.10 Å². The third kappa shape index (κ3) is 3.55. The number of halogens is 1. The number of nitrogens with zero attached hydrogens (tertiary/aromatic N) is 6. The number of benzene rings is 2. The summed E-state index contributed by atoms with van der Waals surface area (Å²) in [5, 5.41) is 18.2. The molecule has 4 aromatic rings. The highest BCUT2D eigenvalue weighted by Crippen LogP contribution is 2.30. The molecule has 2 aromatic carbocycles. The van der Waals surface area contributed by atoms with E-state index in [4.69, 9.17) is 11.6 Å². The van der Waals surface area contributed by atoms with E-state index in [2.05, 4.69) is 52.7 Å². The minimum Gasteiger partial charge on any atom is -0.222 e. The monoisotopic (exact) mass is 410 g/mol. The van der Waals surface area contributed by atoms with Crippen LogP contribution in [-0.2, 0) is 5.75 Å². The molecule has 0 unspecified atom stereocenters. The van der Waals surface area contributed by atoms with Crippen molar-refractivity contribution in [1.29, 1.82) is 0 Å². The molecular weight excluding hydrogens is 392 g/mol. The molecule has 2 heterocycles. The Labute approximate surface area is 172 Å². The second-order valence-electron chi connectivity index (χ2n) is 6.55. The van der Waals surface area contributed by atoms with Gasteiger partial charge in [0.2, 0.25) is 5.16 Å². The largest absolute Gasteiger partial charge is 0.222 e. The van der Waals surface area contributed by atoms with Crippen LogP contribution in [0.1, 0.15) is 22.4 Å². The van der Waals surface area contributed by atoms with E-state index in [0.29, 0.717) is 10.9 Å². The topological polar surface area (TPSA) is 61.4 Å². The molecule has 0 radical (unpaired) electrons. The Morgan fingerprint density at radius 1 is 1.00 bits per heavy atom. The number of thioether (sulfide) groups is 1. The van der Waals surface area contributed by atoms with Crippen LogP contribution in [0.5, 0.6) is 0 Å². The summed E-state index contributed by atoms with van der Waals surface area (Å²) in [5.41, 5.74) is 6.07. The molecular formula is C20H19ClN6S. The summed E-state index contributed by atoms with van der Waals surface area (Å²) in [5.74, 6) is 0.628. The van der Waals surface area contributed by atoms with Crippen LogP contribution in [0, 0.1) is 20.8 Å². The fraction of sp³-hybridized carbons (Fsp3) is 0.200. The van der Waals surface area contributed by atoms with Crippen molar-refractivity contribution in [2.75, 3.05) is 0 Å². The van der Waals surface area contributed by atoms with Gasteiger partial charge in [-0.05, 0) is 60.5 Å². The molecule has 0 saturated carbocycles. The number of tetrazole rings is 1. The van der Waals surface area contributed by atoms with Gasteiger partial charge in [0.15, 0.2) is 0 Å². The Hall–Kier alpha value is -2.64. The molecule has 8 heteroatoms. The van der Waals surface area contributed by atoms with Crippen LogP contribution in [0.2, 0.25) is 5.15 Å². The summed E-state index contributed by atoms with van der Waals surface area (Å²) in [6, 6.07) is 16.1. The average Bonchev–Trinajstić information content (AvgIpc) is 3.27. The lowest BCUT2D eigenvalue weighted by molar-refractivity contribution is 0.751. The fourth-order valence-electron chi connectivity index (χ4n) is 2.94. The van der Waals surface area contributed by atoms with Crippen molar-refractivity contribution < 1.29 is 0 Å². The first-order chi connectivity index (χ1) is 13.5. The maximum Gasteiger partial charge on any atom is 0.214 e. The van der Waals surface area contributed by atoms with Crippen LogP contribution >= 0.6 is 23.4 Å². The van der Waals surface area contributed by atoms with Crippen molar-refractivity contribution in [3.8, 4) is 11.4 Å². The zero-order chi connectivity index (χ0) is 19.7. The van der Waals surface area contributed by atoms with Crippen LogP contribution < -0.4 is 0 Å². The molecule has 0 aliphatic rings. The molecule has 0 aliphatic carbocycles. The number of para-hydroxylation sites is 1. The Morgan fingerprint density at radius 2 is 1.79 bits per heavy atom. The van der Waals surface area contributed by atoms with Crippen molar-refractivity contribution >= 4 is 23.4 Å². The molecule has 0 saturated heterocycles. The minimum absolute atomic E-state index is 0.613. The minimum atomic E-state index is 0.613. The zero-order valence-electron chi connectivity index (χ0n) is 15.8. The predicted molar refractivity (Wildman–Crippen MR) is 112 cm³/mol. The number of rotatable bonds is 5. The lowest BCUT2D eigenvalue weighted by Gasteiger charge is -2.08. The first-order valence-corrected chi connectivity index (χ1v) is 10.2. The normalized spacial score (nSPS) is 11.1. The van der Waals surface area contributed by atoms with Gasteiger partial charge >= 0.3 is 0 Å². The molecule has 4 rings (SSSR count). The SMILES string of the molecule is Cc1ccc(C)c(-n2nnnc2SCc2c(C)nn(-c3ccccc3)c2Cl)c1. The maximum atomic E-state index is 6.64. The van der Waals surface area contributed by atoms with Crippen molar-refractivity contribution in [2.24, 2.45) is 0 Å². The van der Waals surface area contributed by atoms with Gasteiger partial charge in [-0.1, -0.05) is 53.7 Å². The van der Waals surface area contributed by atoms with Crippen LogP contribution in [0.15, 0.2) is 53.7 Å². The smallest absolute Gasteiger partial charge is 0.214 e. The highest BCUT2D eigenvalue weighted by Gasteiger charge is 2.17. The lowest BCUT2D eigenvalue weighted by Crippen LogP contribution is -2.02. The second kappa shape index (κ2) is 7.77. The van der Waals surface area contributed by atoms with E-state index >= 15 is 0 Å². The summed E-state index contributed by atoms with van der Waals surface area (Å²) in [6.45, 7) is 6.08. The van der Waals surface area contributed by atoms with Crippen LogP contribution in [0.25, 0.3) is 11.4 Å². The molecule has 0 atom stereocenters. The molecule has 6 nitrogen and oxygen atoms in total. The Bertz CT molecular complexity index is 1120. The van der Waals surface area contributed by atoms with Gasteiger partial charge in [-0.2, -0.15) is 9.78 Å². The molecule has 0 N–H and O–H groups in total. The molecule has 0 amide bonds. The molecule has 0 spiro atoms. The third-order valence-electron chi connectivity index (χ3n) is 4.50. The molecule has 0 fully saturated rings. The van der Waals surface area contributed by atoms with Crippen LogP contribution in [0.3, 0.4) is 0 Å². The van der Waals surface area contributed by atoms with Gasteiger partial charge in [-0.3, -0.25) is 0 Å². The van der Waals surface area contributed by atoms with Crippen molar-refractivity contribution in [1.82, 2.24) is 30.0 Å². The van der Waals surface area contributed by atoms with Gasteiger partial charge in [0.05, 0.1) is 17.1 Å². The average molecular weight is 411 g/mol. The molecule has 0 bridgehead atoms. The van der Waals surface area contributed by atoms with Gasteiger partial charge < -0.3 is 0 Å². The summed E-state index contributed by atoms with van der Waals surface area (Å²) in [6.07, 6.45) is 0. The van der Waals surface area contributed by atoms with E-state index in [1.54, 1.807) is 21.1 Å². The first-order valence-electron chi connectivity index (χ1n) is 8.83. The Morgan fingerprint density at radius 3 is 2.57 bits per heavy atom. The fourth-order valence-corrected chi connectivity index (χ4v) is 4.33. The third-order valence-corrected chi connectivity index (χ3v) is 5.84. The highest BCUT2D eigenvalue weighted by molar-refractivity contribution is 7.98. The van der Waals surface area contributed by atoms with Crippen molar-refractivity contribution in [3.05, 3.63) is 76.1 Å². The van der Waals surface area contributed by atoms with E-state index in [0.717, 1.165) is 38.9 Å². The lowest BCUT2D eigenvalue weighted by atomic mass is 10.1. The van der Waals surface area contributed by atoms with Crippen LogP contribution in [-0.4, -0.2) is 30.0 Å². The van der Waals surface area contributed by atoms with Crippen molar-refractivity contribution in [3.63, 3.8) is 0 Å². The van der Waals surface area contributed by atoms with E-state index in [1.807, 2.05) is 37.3 Å². The van der Waals surface area contributed by atoms with Gasteiger partial charge in [0, 0.05) is 11.3 Å². The standard InChI is InChI=1S/C20H19ClN6S/c1-13-9-10-14(2)18(11-13)27-20(22-24-25-27)28-12-17-15(3)23-26(19(17)21)16-7-5-4-6-8-16/h4-11H,12H2,1-3H3. The van der Waals surface area contributed by atoms with Gasteiger partial charge in [0.1, 0.15) is 5.15 Å². The highest BCUT2D eigenvalue weighted by atomic mass is 35.5. The number of hydrogen-bond acceptors (Lipinski definition) is 5. The number of hydrogen-bond donors (Lipinski definition) is 0. The summed E-state index contributed by atoms with van der Waals surface area (Å²) < 4.78 is 3.54. The zero-order valence-corrected chi connectivity index (χ0v) is 17.4. The number of aryl methyl sites for hydroxylation is 3. The second-order valence-corrected chi connectivity index (χ2v) is 7.85. The molecule has 28 heavy (non-hydrogen) atoms. The predicted octanol–water partition coefficient (Wildman–Crippen LogP) is 4.72. The molecule has 0 aliphatic heterocycles. The van der Waals surface area contributed by atoms with Gasteiger partial charge in [0.25, 0.3) is 0 Å².